The number of aliphatic hydroxyl groups excluding tert-OH is 1. The Morgan fingerprint density at radius 2 is 1.97 bits per heavy atom. The molecule has 1 aliphatic rings. The highest BCUT2D eigenvalue weighted by Crippen LogP contribution is 2.30. The first kappa shape index (κ1) is 26.1. The van der Waals surface area contributed by atoms with Crippen LogP contribution < -0.4 is 4.74 Å². The summed E-state index contributed by atoms with van der Waals surface area (Å²) in [5.41, 5.74) is 2.37. The highest BCUT2D eigenvalue weighted by Gasteiger charge is 2.34. The van der Waals surface area contributed by atoms with E-state index in [0.717, 1.165) is 5.56 Å². The van der Waals surface area contributed by atoms with E-state index in [0.29, 0.717) is 29.8 Å². The van der Waals surface area contributed by atoms with Gasteiger partial charge in [0.25, 0.3) is 5.91 Å². The molecule has 186 valence electrons. The van der Waals surface area contributed by atoms with E-state index in [9.17, 15) is 14.7 Å². The third-order valence-corrected chi connectivity index (χ3v) is 6.20. The number of benzene rings is 1. The molecule has 1 N–H and O–H groups in total. The van der Waals surface area contributed by atoms with Crippen LogP contribution in [-0.2, 0) is 4.79 Å². The summed E-state index contributed by atoms with van der Waals surface area (Å²) in [7, 11) is 5.42. The number of hydrogen-bond donors (Lipinski definition) is 1. The maximum atomic E-state index is 13.6. The highest BCUT2D eigenvalue weighted by atomic mass is 16.5. The van der Waals surface area contributed by atoms with Gasteiger partial charge in [0.05, 0.1) is 37.4 Å². The van der Waals surface area contributed by atoms with Crippen LogP contribution in [0.3, 0.4) is 0 Å². The zero-order valence-electron chi connectivity index (χ0n) is 20.9. The third-order valence-electron chi connectivity index (χ3n) is 6.20. The van der Waals surface area contributed by atoms with E-state index >= 15 is 0 Å². The van der Waals surface area contributed by atoms with Gasteiger partial charge in [0.1, 0.15) is 11.7 Å². The molecule has 2 heterocycles. The van der Waals surface area contributed by atoms with Gasteiger partial charge in [-0.1, -0.05) is 19.1 Å². The lowest BCUT2D eigenvalue weighted by Crippen LogP contribution is -2.51. The van der Waals surface area contributed by atoms with Crippen molar-refractivity contribution in [3.05, 3.63) is 47.7 Å². The summed E-state index contributed by atoms with van der Waals surface area (Å²) in [5.74, 6) is -0.219. The molecule has 9 heteroatoms. The molecule has 0 saturated carbocycles. The first-order valence-corrected chi connectivity index (χ1v) is 11.6. The molecule has 2 aromatic rings. The molecule has 0 saturated heterocycles. The van der Waals surface area contributed by atoms with Gasteiger partial charge in [-0.15, -0.1) is 0 Å². The van der Waals surface area contributed by atoms with Gasteiger partial charge in [0.2, 0.25) is 11.8 Å². The van der Waals surface area contributed by atoms with Gasteiger partial charge in [0.15, 0.2) is 0 Å². The number of rotatable bonds is 7. The van der Waals surface area contributed by atoms with Gasteiger partial charge in [-0.05, 0) is 44.8 Å². The number of aromatic nitrogens is 1. The molecule has 0 unspecified atom stereocenters. The monoisotopic (exact) mass is 479 g/mol. The van der Waals surface area contributed by atoms with Crippen LogP contribution in [0.1, 0.15) is 29.8 Å². The Morgan fingerprint density at radius 3 is 2.57 bits per heavy atom. The number of amides is 2. The molecular weight excluding hydrogens is 446 g/mol. The molecule has 0 aliphatic carbocycles. The summed E-state index contributed by atoms with van der Waals surface area (Å²) in [4.78, 5) is 35.7. The average molecular weight is 480 g/mol. The first-order valence-electron chi connectivity index (χ1n) is 11.6. The van der Waals surface area contributed by atoms with Crippen molar-refractivity contribution < 1.29 is 19.4 Å². The number of fused-ring (bicyclic) bond motifs is 1. The van der Waals surface area contributed by atoms with Crippen molar-refractivity contribution in [2.45, 2.75) is 26.0 Å². The van der Waals surface area contributed by atoms with Gasteiger partial charge in [-0.3, -0.25) is 9.59 Å². The molecular formula is C26H33N5O4. The molecule has 0 bridgehead atoms. The van der Waals surface area contributed by atoms with Gasteiger partial charge in [-0.2, -0.15) is 5.26 Å². The quantitative estimate of drug-likeness (QED) is 0.645. The number of aliphatic hydroxyl groups is 1. The van der Waals surface area contributed by atoms with Crippen LogP contribution in [0.5, 0.6) is 5.88 Å². The standard InChI is InChI=1S/C26H33N5O4/c1-17-13-31(18(2)16-32)26(34)22-10-21(20-8-6-19(11-27)7-9-20)12-28-25(22)35-23(17)14-30(5)24(33)15-29(3)4/h6-10,12,17-18,23,32H,13-16H2,1-5H3/t17-,18+,23+/m0/s1. The van der Waals surface area contributed by atoms with Crippen molar-refractivity contribution in [1.82, 2.24) is 19.7 Å². The molecule has 3 rings (SSSR count). The lowest BCUT2D eigenvalue weighted by Gasteiger charge is -2.37. The van der Waals surface area contributed by atoms with Crippen molar-refractivity contribution in [2.24, 2.45) is 5.92 Å². The number of pyridine rings is 1. The largest absolute Gasteiger partial charge is 0.472 e. The van der Waals surface area contributed by atoms with Crippen LogP contribution >= 0.6 is 0 Å². The molecule has 35 heavy (non-hydrogen) atoms. The topological polar surface area (TPSA) is 110 Å². The fraction of sp³-hybridized carbons (Fsp3) is 0.462. The second-order valence-electron chi connectivity index (χ2n) is 9.40. The molecule has 0 fully saturated rings. The number of nitrogens with zero attached hydrogens (tertiary/aromatic N) is 5. The minimum Gasteiger partial charge on any atom is -0.472 e. The van der Waals surface area contributed by atoms with Crippen LogP contribution in [0.25, 0.3) is 11.1 Å². The van der Waals surface area contributed by atoms with Gasteiger partial charge >= 0.3 is 0 Å². The van der Waals surface area contributed by atoms with E-state index in [1.54, 1.807) is 60.3 Å². The molecule has 1 aliphatic heterocycles. The zero-order valence-corrected chi connectivity index (χ0v) is 20.9. The molecule has 0 radical (unpaired) electrons. The number of ether oxygens (including phenoxy) is 1. The lowest BCUT2D eigenvalue weighted by molar-refractivity contribution is -0.132. The summed E-state index contributed by atoms with van der Waals surface area (Å²) < 4.78 is 6.26. The third kappa shape index (κ3) is 6.15. The summed E-state index contributed by atoms with van der Waals surface area (Å²) in [6.45, 7) is 4.57. The number of hydrogen-bond acceptors (Lipinski definition) is 7. The summed E-state index contributed by atoms with van der Waals surface area (Å²) >= 11 is 0. The van der Waals surface area contributed by atoms with Gasteiger partial charge in [0, 0.05) is 31.3 Å². The van der Waals surface area contributed by atoms with E-state index in [2.05, 4.69) is 11.1 Å². The zero-order chi connectivity index (χ0) is 25.7. The maximum Gasteiger partial charge on any atom is 0.259 e. The lowest BCUT2D eigenvalue weighted by atomic mass is 9.99. The van der Waals surface area contributed by atoms with Crippen LogP contribution in [0, 0.1) is 17.2 Å². The summed E-state index contributed by atoms with van der Waals surface area (Å²) in [6.07, 6.45) is 1.23. The number of carbonyl (C=O) groups excluding carboxylic acids is 2. The minimum absolute atomic E-state index is 0.0335. The Labute approximate surface area is 206 Å². The molecule has 9 nitrogen and oxygen atoms in total. The molecule has 1 aromatic heterocycles. The van der Waals surface area contributed by atoms with Crippen LogP contribution in [-0.4, -0.2) is 96.1 Å². The molecule has 0 spiro atoms. The Kier molecular flexibility index (Phi) is 8.43. The van der Waals surface area contributed by atoms with E-state index in [4.69, 9.17) is 10.00 Å². The van der Waals surface area contributed by atoms with E-state index in [1.807, 2.05) is 25.9 Å². The van der Waals surface area contributed by atoms with Crippen molar-refractivity contribution in [3.63, 3.8) is 0 Å². The number of nitriles is 1. The summed E-state index contributed by atoms with van der Waals surface area (Å²) in [6, 6.07) is 10.5. The van der Waals surface area contributed by atoms with Crippen molar-refractivity contribution in [2.75, 3.05) is 47.4 Å². The van der Waals surface area contributed by atoms with Crippen LogP contribution in [0.15, 0.2) is 36.5 Å². The normalized spacial score (nSPS) is 18.7. The number of likely N-dealkylation sites (N-methyl/N-ethyl adjacent to an activating group) is 2. The van der Waals surface area contributed by atoms with E-state index in [-0.39, 0.29) is 36.8 Å². The molecule has 2 amide bonds. The molecule has 1 aromatic carbocycles. The fourth-order valence-electron chi connectivity index (χ4n) is 3.98. The predicted molar refractivity (Wildman–Crippen MR) is 132 cm³/mol. The number of carbonyl (C=O) groups is 2. The van der Waals surface area contributed by atoms with E-state index < -0.39 is 12.1 Å². The summed E-state index contributed by atoms with van der Waals surface area (Å²) in [5, 5.41) is 18.9. The second-order valence-corrected chi connectivity index (χ2v) is 9.40. The van der Waals surface area contributed by atoms with Crippen LogP contribution in [0.4, 0.5) is 0 Å². The Morgan fingerprint density at radius 1 is 1.29 bits per heavy atom. The minimum atomic E-state index is -0.403. The maximum absolute atomic E-state index is 13.6. The van der Waals surface area contributed by atoms with Gasteiger partial charge < -0.3 is 24.5 Å². The Bertz CT molecular complexity index is 1100. The van der Waals surface area contributed by atoms with Crippen molar-refractivity contribution >= 4 is 11.8 Å². The fourth-order valence-corrected chi connectivity index (χ4v) is 3.98. The van der Waals surface area contributed by atoms with Gasteiger partial charge in [-0.25, -0.2) is 4.98 Å². The predicted octanol–water partition coefficient (Wildman–Crippen LogP) is 1.86. The van der Waals surface area contributed by atoms with Crippen LogP contribution in [0.2, 0.25) is 0 Å². The Balaban J connectivity index is 1.99. The average Bonchev–Trinajstić information content (AvgIpc) is 2.85. The van der Waals surface area contributed by atoms with E-state index in [1.165, 1.54) is 0 Å². The van der Waals surface area contributed by atoms with Crippen molar-refractivity contribution in [1.29, 1.82) is 5.26 Å². The SMILES string of the molecule is C[C@H](CO)N1C[C@H](C)[C@@H](CN(C)C(=O)CN(C)C)Oc2ncc(-c3ccc(C#N)cc3)cc2C1=O. The van der Waals surface area contributed by atoms with Crippen molar-refractivity contribution in [3.8, 4) is 23.1 Å². The molecule has 3 atom stereocenters. The first-order chi connectivity index (χ1) is 16.6. The Hall–Kier alpha value is -3.48. The second kappa shape index (κ2) is 11.3. The smallest absolute Gasteiger partial charge is 0.259 e. The highest BCUT2D eigenvalue weighted by molar-refractivity contribution is 5.98.